The van der Waals surface area contributed by atoms with Crippen LogP contribution in [0.5, 0.6) is 0 Å². The van der Waals surface area contributed by atoms with Crippen LogP contribution in [0.1, 0.15) is 51.2 Å². The first kappa shape index (κ1) is 21.4. The van der Waals surface area contributed by atoms with Crippen molar-refractivity contribution in [3.8, 4) is 0 Å². The lowest BCUT2D eigenvalue weighted by Gasteiger charge is -2.47. The third-order valence-electron chi connectivity index (χ3n) is 7.18. The molecule has 4 heteroatoms. The second-order valence-electron chi connectivity index (χ2n) is 10.2. The Morgan fingerprint density at radius 1 is 0.900 bits per heavy atom. The Kier molecular flexibility index (Phi) is 5.69. The van der Waals surface area contributed by atoms with Crippen LogP contribution in [0.2, 0.25) is 18.1 Å². The largest absolute Gasteiger partial charge is 0.411 e. The number of aliphatic hydroxyl groups is 1. The fourth-order valence-corrected chi connectivity index (χ4v) is 5.81. The molecule has 0 bridgehead atoms. The molecule has 1 saturated carbocycles. The Morgan fingerprint density at radius 3 is 1.97 bits per heavy atom. The summed E-state index contributed by atoms with van der Waals surface area (Å²) in [6.45, 7) is 11.4. The van der Waals surface area contributed by atoms with Crippen molar-refractivity contribution in [3.05, 3.63) is 59.7 Å². The highest BCUT2D eigenvalue weighted by molar-refractivity contribution is 6.74. The summed E-state index contributed by atoms with van der Waals surface area (Å²) in [5, 5.41) is 11.7. The van der Waals surface area contributed by atoms with E-state index in [4.69, 9.17) is 4.43 Å². The first-order valence-corrected chi connectivity index (χ1v) is 14.1. The lowest BCUT2D eigenvalue weighted by Crippen LogP contribution is -2.55. The molecule has 0 spiro atoms. The molecule has 1 aliphatic heterocycles. The molecule has 2 aromatic rings. The van der Waals surface area contributed by atoms with Gasteiger partial charge in [-0.05, 0) is 60.7 Å². The van der Waals surface area contributed by atoms with Crippen LogP contribution in [0.3, 0.4) is 0 Å². The van der Waals surface area contributed by atoms with Crippen LogP contribution < -0.4 is 4.90 Å². The quantitative estimate of drug-likeness (QED) is 0.566. The average Bonchev–Trinajstić information content (AvgIpc) is 2.86. The molecule has 3 unspecified atom stereocenters. The van der Waals surface area contributed by atoms with Crippen molar-refractivity contribution in [3.63, 3.8) is 0 Å². The van der Waals surface area contributed by atoms with Gasteiger partial charge in [0.2, 0.25) is 0 Å². The summed E-state index contributed by atoms with van der Waals surface area (Å²) in [6.07, 6.45) is 6.70. The molecule has 1 aliphatic carbocycles. The minimum atomic E-state index is -1.96. The highest BCUT2D eigenvalue weighted by Crippen LogP contribution is 2.43. The second kappa shape index (κ2) is 7.99. The van der Waals surface area contributed by atoms with E-state index < -0.39 is 14.4 Å². The Labute approximate surface area is 182 Å². The van der Waals surface area contributed by atoms with Crippen LogP contribution in [-0.2, 0) is 4.43 Å². The maximum atomic E-state index is 11.6. The van der Waals surface area contributed by atoms with Crippen LogP contribution in [0.25, 0.3) is 12.2 Å². The van der Waals surface area contributed by atoms with Gasteiger partial charge < -0.3 is 14.4 Å². The molecule has 4 rings (SSSR count). The SMILES string of the molecule is CC(C)(C)[Si](C)(C)OC1CCCC(N2c3ccccc3C=Cc3ccccc32)C1O. The number of para-hydroxylation sites is 2. The number of nitrogens with zero attached hydrogens (tertiary/aromatic N) is 1. The van der Waals surface area contributed by atoms with Crippen LogP contribution in [0, 0.1) is 0 Å². The van der Waals surface area contributed by atoms with E-state index >= 15 is 0 Å². The molecule has 3 atom stereocenters. The van der Waals surface area contributed by atoms with Gasteiger partial charge in [-0.15, -0.1) is 0 Å². The van der Waals surface area contributed by atoms with Gasteiger partial charge >= 0.3 is 0 Å². The van der Waals surface area contributed by atoms with Crippen LogP contribution in [-0.4, -0.2) is 31.7 Å². The first-order valence-electron chi connectivity index (χ1n) is 11.2. The molecule has 0 aromatic heterocycles. The molecule has 1 fully saturated rings. The predicted molar refractivity (Wildman–Crippen MR) is 130 cm³/mol. The zero-order valence-electron chi connectivity index (χ0n) is 18.9. The van der Waals surface area contributed by atoms with E-state index in [2.05, 4.69) is 99.4 Å². The van der Waals surface area contributed by atoms with E-state index in [1.807, 2.05) is 0 Å². The van der Waals surface area contributed by atoms with E-state index in [1.54, 1.807) is 0 Å². The molecule has 30 heavy (non-hydrogen) atoms. The van der Waals surface area contributed by atoms with E-state index in [0.29, 0.717) is 0 Å². The van der Waals surface area contributed by atoms with E-state index in [-0.39, 0.29) is 17.2 Å². The third kappa shape index (κ3) is 3.89. The van der Waals surface area contributed by atoms with Crippen LogP contribution >= 0.6 is 0 Å². The van der Waals surface area contributed by atoms with Gasteiger partial charge in [0.1, 0.15) is 0 Å². The lowest BCUT2D eigenvalue weighted by molar-refractivity contribution is -0.0130. The molecule has 2 aliphatic rings. The predicted octanol–water partition coefficient (Wildman–Crippen LogP) is 6.61. The molecule has 3 nitrogen and oxygen atoms in total. The standard InChI is InChI=1S/C26H35NO2Si/c1-26(2,3)30(4,5)29-24-16-10-15-23(25(24)28)27-21-13-8-6-11-19(21)17-18-20-12-7-9-14-22(20)27/h6-9,11-14,17-18,23-25,28H,10,15-16H2,1-5H3. The summed E-state index contributed by atoms with van der Waals surface area (Å²) in [5.41, 5.74) is 4.70. The number of anilines is 2. The van der Waals surface area contributed by atoms with Gasteiger partial charge in [0, 0.05) is 11.4 Å². The van der Waals surface area contributed by atoms with Gasteiger partial charge in [-0.25, -0.2) is 0 Å². The lowest BCUT2D eigenvalue weighted by atomic mass is 9.88. The van der Waals surface area contributed by atoms with Gasteiger partial charge in [0.15, 0.2) is 8.32 Å². The Morgan fingerprint density at radius 2 is 1.43 bits per heavy atom. The minimum absolute atomic E-state index is 0.00396. The number of rotatable bonds is 3. The van der Waals surface area contributed by atoms with Gasteiger partial charge in [0.25, 0.3) is 0 Å². The summed E-state index contributed by atoms with van der Waals surface area (Å²) in [4.78, 5) is 2.37. The normalized spacial score (nSPS) is 24.2. The smallest absolute Gasteiger partial charge is 0.192 e. The van der Waals surface area contributed by atoms with Crippen molar-refractivity contribution in [2.45, 2.75) is 76.4 Å². The molecule has 1 N–H and O–H groups in total. The summed E-state index contributed by atoms with van der Waals surface area (Å²) in [5.74, 6) is 0. The van der Waals surface area contributed by atoms with Crippen molar-refractivity contribution in [2.24, 2.45) is 0 Å². The number of aliphatic hydroxyl groups excluding tert-OH is 1. The number of hydrogen-bond acceptors (Lipinski definition) is 3. The first-order chi connectivity index (χ1) is 14.2. The molecule has 160 valence electrons. The van der Waals surface area contributed by atoms with Crippen LogP contribution in [0.15, 0.2) is 48.5 Å². The molecular weight excluding hydrogens is 386 g/mol. The molecule has 1 heterocycles. The van der Waals surface area contributed by atoms with Gasteiger partial charge in [0.05, 0.1) is 18.2 Å². The second-order valence-corrected chi connectivity index (χ2v) is 15.0. The zero-order chi connectivity index (χ0) is 21.5. The fourth-order valence-electron chi connectivity index (χ4n) is 4.45. The number of fused-ring (bicyclic) bond motifs is 2. The number of benzene rings is 2. The monoisotopic (exact) mass is 421 g/mol. The van der Waals surface area contributed by atoms with Crippen molar-refractivity contribution in [2.75, 3.05) is 4.90 Å². The highest BCUT2D eigenvalue weighted by Gasteiger charge is 2.44. The molecule has 0 saturated heterocycles. The maximum absolute atomic E-state index is 11.6. The molecule has 0 amide bonds. The zero-order valence-corrected chi connectivity index (χ0v) is 19.9. The highest BCUT2D eigenvalue weighted by atomic mass is 28.4. The summed E-state index contributed by atoms with van der Waals surface area (Å²) in [6, 6.07) is 17.0. The topological polar surface area (TPSA) is 32.7 Å². The van der Waals surface area contributed by atoms with Crippen molar-refractivity contribution >= 4 is 31.8 Å². The molecular formula is C26H35NO2Si. The Balaban J connectivity index is 1.72. The average molecular weight is 422 g/mol. The molecule has 2 aromatic carbocycles. The summed E-state index contributed by atoms with van der Waals surface area (Å²) >= 11 is 0. The Hall–Kier alpha value is -1.88. The summed E-state index contributed by atoms with van der Waals surface area (Å²) < 4.78 is 6.73. The van der Waals surface area contributed by atoms with E-state index in [1.165, 1.54) is 11.1 Å². The van der Waals surface area contributed by atoms with Crippen molar-refractivity contribution in [1.29, 1.82) is 0 Å². The van der Waals surface area contributed by atoms with Crippen molar-refractivity contribution < 1.29 is 9.53 Å². The summed E-state index contributed by atoms with van der Waals surface area (Å²) in [7, 11) is -1.96. The molecule has 0 radical (unpaired) electrons. The maximum Gasteiger partial charge on any atom is 0.192 e. The third-order valence-corrected chi connectivity index (χ3v) is 11.7. The fraction of sp³-hybridized carbons (Fsp3) is 0.462. The Bertz CT molecular complexity index is 881. The minimum Gasteiger partial charge on any atom is -0.411 e. The van der Waals surface area contributed by atoms with Crippen molar-refractivity contribution in [1.82, 2.24) is 0 Å². The van der Waals surface area contributed by atoms with E-state index in [9.17, 15) is 5.11 Å². The van der Waals surface area contributed by atoms with Gasteiger partial charge in [-0.1, -0.05) is 69.3 Å². The van der Waals surface area contributed by atoms with Gasteiger partial charge in [-0.2, -0.15) is 0 Å². The van der Waals surface area contributed by atoms with Gasteiger partial charge in [-0.3, -0.25) is 0 Å². The van der Waals surface area contributed by atoms with Crippen LogP contribution in [0.4, 0.5) is 11.4 Å². The van der Waals surface area contributed by atoms with E-state index in [0.717, 1.165) is 30.6 Å². The number of hydrogen-bond donors (Lipinski definition) is 1.